The number of hydrogen-bond acceptors (Lipinski definition) is 4. The number of likely N-dealkylation sites (tertiary alicyclic amines) is 1. The number of nitrogens with zero attached hydrogens (tertiary/aromatic N) is 2. The van der Waals surface area contributed by atoms with Crippen LogP contribution in [-0.4, -0.2) is 46.7 Å². The minimum absolute atomic E-state index is 0.146. The molecule has 1 saturated carbocycles. The lowest BCUT2D eigenvalue weighted by molar-refractivity contribution is -0.122. The van der Waals surface area contributed by atoms with E-state index >= 15 is 0 Å². The number of nitrogens with one attached hydrogen (secondary N) is 2. The van der Waals surface area contributed by atoms with Gasteiger partial charge in [-0.05, 0) is 56.1 Å². The number of halogens is 1. The van der Waals surface area contributed by atoms with Gasteiger partial charge in [0.15, 0.2) is 0 Å². The molecule has 156 valence electrons. The van der Waals surface area contributed by atoms with Gasteiger partial charge in [-0.25, -0.2) is 4.39 Å². The van der Waals surface area contributed by atoms with Gasteiger partial charge in [-0.3, -0.25) is 14.8 Å². The number of aromatic amines is 1. The standard InChI is InChI=1S/C22H29FN4O2/c23-17-6-8-20(9-7-17)29-15-19-12-21(26-25-19)16-10-11-27(13-16)14-22(28)24-18-4-2-1-3-5-18/h6-9,12,16,18H,1-5,10-11,13-15H2,(H,24,28)(H,25,26). The van der Waals surface area contributed by atoms with Crippen LogP contribution in [0.3, 0.4) is 0 Å². The first kappa shape index (κ1) is 19.9. The molecule has 2 aliphatic rings. The predicted octanol–water partition coefficient (Wildman–Crippen LogP) is 3.37. The van der Waals surface area contributed by atoms with Crippen LogP contribution in [0, 0.1) is 5.82 Å². The number of hydrogen-bond donors (Lipinski definition) is 2. The minimum Gasteiger partial charge on any atom is -0.487 e. The lowest BCUT2D eigenvalue weighted by Gasteiger charge is -2.24. The van der Waals surface area contributed by atoms with E-state index in [1.54, 1.807) is 12.1 Å². The Morgan fingerprint density at radius 3 is 2.79 bits per heavy atom. The molecule has 29 heavy (non-hydrogen) atoms. The number of rotatable bonds is 7. The van der Waals surface area contributed by atoms with Crippen molar-refractivity contribution in [1.82, 2.24) is 20.4 Å². The van der Waals surface area contributed by atoms with Gasteiger partial charge in [0.05, 0.1) is 17.9 Å². The fourth-order valence-corrected chi connectivity index (χ4v) is 4.30. The van der Waals surface area contributed by atoms with Crippen LogP contribution < -0.4 is 10.1 Å². The van der Waals surface area contributed by atoms with Crippen molar-refractivity contribution in [2.45, 2.75) is 57.1 Å². The molecule has 2 heterocycles. The van der Waals surface area contributed by atoms with Crippen molar-refractivity contribution >= 4 is 5.91 Å². The first-order chi connectivity index (χ1) is 14.2. The zero-order valence-electron chi connectivity index (χ0n) is 16.7. The maximum absolute atomic E-state index is 13.0. The van der Waals surface area contributed by atoms with Crippen molar-refractivity contribution in [1.29, 1.82) is 0 Å². The molecule has 4 rings (SSSR count). The lowest BCUT2D eigenvalue weighted by Crippen LogP contribution is -2.42. The Kier molecular flexibility index (Phi) is 6.44. The molecule has 0 bridgehead atoms. The molecule has 1 saturated heterocycles. The fraction of sp³-hybridized carbons (Fsp3) is 0.545. The maximum Gasteiger partial charge on any atom is 0.234 e. The van der Waals surface area contributed by atoms with E-state index in [-0.39, 0.29) is 11.7 Å². The third-order valence-electron chi connectivity index (χ3n) is 5.89. The number of H-pyrrole nitrogens is 1. The van der Waals surface area contributed by atoms with Crippen LogP contribution >= 0.6 is 0 Å². The first-order valence-corrected chi connectivity index (χ1v) is 10.6. The van der Waals surface area contributed by atoms with Crippen molar-refractivity contribution in [2.24, 2.45) is 0 Å². The Balaban J connectivity index is 1.22. The Bertz CT molecular complexity index is 801. The van der Waals surface area contributed by atoms with Gasteiger partial charge in [0.2, 0.25) is 5.91 Å². The molecule has 2 aromatic rings. The average Bonchev–Trinajstić information content (AvgIpc) is 3.38. The van der Waals surface area contributed by atoms with E-state index in [0.717, 1.165) is 43.7 Å². The molecular formula is C22H29FN4O2. The highest BCUT2D eigenvalue weighted by Gasteiger charge is 2.27. The topological polar surface area (TPSA) is 70.2 Å². The van der Waals surface area contributed by atoms with Crippen LogP contribution in [0.4, 0.5) is 4.39 Å². The third-order valence-corrected chi connectivity index (χ3v) is 5.89. The van der Waals surface area contributed by atoms with Crippen LogP contribution in [-0.2, 0) is 11.4 Å². The zero-order chi connectivity index (χ0) is 20.1. The van der Waals surface area contributed by atoms with Gasteiger partial charge in [-0.15, -0.1) is 0 Å². The Morgan fingerprint density at radius 1 is 1.21 bits per heavy atom. The van der Waals surface area contributed by atoms with Gasteiger partial charge in [0, 0.05) is 18.5 Å². The number of carbonyl (C=O) groups excluding carboxylic acids is 1. The monoisotopic (exact) mass is 400 g/mol. The quantitative estimate of drug-likeness (QED) is 0.748. The summed E-state index contributed by atoms with van der Waals surface area (Å²) in [4.78, 5) is 14.6. The van der Waals surface area contributed by atoms with E-state index in [4.69, 9.17) is 4.74 Å². The summed E-state index contributed by atoms with van der Waals surface area (Å²) in [5.41, 5.74) is 1.90. The van der Waals surface area contributed by atoms with Gasteiger partial charge in [-0.2, -0.15) is 5.10 Å². The van der Waals surface area contributed by atoms with E-state index in [0.29, 0.717) is 30.9 Å². The Morgan fingerprint density at radius 2 is 2.00 bits per heavy atom. The van der Waals surface area contributed by atoms with E-state index in [1.165, 1.54) is 31.4 Å². The van der Waals surface area contributed by atoms with Crippen LogP contribution in [0.25, 0.3) is 0 Å². The van der Waals surface area contributed by atoms with Crippen molar-refractivity contribution in [3.8, 4) is 5.75 Å². The molecule has 1 atom stereocenters. The molecule has 2 fully saturated rings. The zero-order valence-corrected chi connectivity index (χ0v) is 16.7. The number of ether oxygens (including phenoxy) is 1. The highest BCUT2D eigenvalue weighted by molar-refractivity contribution is 5.78. The smallest absolute Gasteiger partial charge is 0.234 e. The summed E-state index contributed by atoms with van der Waals surface area (Å²) >= 11 is 0. The number of benzene rings is 1. The largest absolute Gasteiger partial charge is 0.487 e. The van der Waals surface area contributed by atoms with Crippen molar-refractivity contribution in [2.75, 3.05) is 19.6 Å². The molecule has 0 spiro atoms. The summed E-state index contributed by atoms with van der Waals surface area (Å²) in [5, 5.41) is 10.7. The minimum atomic E-state index is -0.278. The highest BCUT2D eigenvalue weighted by Crippen LogP contribution is 2.26. The summed E-state index contributed by atoms with van der Waals surface area (Å²) in [6.45, 7) is 2.59. The van der Waals surface area contributed by atoms with Gasteiger partial charge in [0.1, 0.15) is 18.2 Å². The summed E-state index contributed by atoms with van der Waals surface area (Å²) < 4.78 is 18.6. The molecule has 1 amide bonds. The van der Waals surface area contributed by atoms with Crippen LogP contribution in [0.1, 0.15) is 55.8 Å². The van der Waals surface area contributed by atoms with Crippen molar-refractivity contribution in [3.05, 3.63) is 47.5 Å². The lowest BCUT2D eigenvalue weighted by atomic mass is 9.95. The second-order valence-corrected chi connectivity index (χ2v) is 8.18. The molecule has 1 aromatic heterocycles. The SMILES string of the molecule is O=C(CN1CCC(c2cc(COc3ccc(F)cc3)[nH]n2)C1)NC1CCCCC1. The molecule has 1 aliphatic carbocycles. The normalized spacial score (nSPS) is 20.7. The van der Waals surface area contributed by atoms with Gasteiger partial charge < -0.3 is 10.1 Å². The number of aromatic nitrogens is 2. The maximum atomic E-state index is 13.0. The summed E-state index contributed by atoms with van der Waals surface area (Å²) in [6.07, 6.45) is 6.97. The Hall–Kier alpha value is -2.41. The second kappa shape index (κ2) is 9.39. The van der Waals surface area contributed by atoms with E-state index in [2.05, 4.69) is 20.4 Å². The molecule has 6 nitrogen and oxygen atoms in total. The summed E-state index contributed by atoms with van der Waals surface area (Å²) in [6, 6.07) is 8.38. The van der Waals surface area contributed by atoms with Gasteiger partial charge in [-0.1, -0.05) is 19.3 Å². The second-order valence-electron chi connectivity index (χ2n) is 8.18. The van der Waals surface area contributed by atoms with Crippen LogP contribution in [0.15, 0.2) is 30.3 Å². The van der Waals surface area contributed by atoms with Crippen molar-refractivity contribution in [3.63, 3.8) is 0 Å². The average molecular weight is 400 g/mol. The van der Waals surface area contributed by atoms with Crippen molar-refractivity contribution < 1.29 is 13.9 Å². The molecule has 2 N–H and O–H groups in total. The van der Waals surface area contributed by atoms with E-state index in [9.17, 15) is 9.18 Å². The molecule has 1 unspecified atom stereocenters. The molecule has 0 radical (unpaired) electrons. The molecule has 7 heteroatoms. The van der Waals surface area contributed by atoms with Crippen LogP contribution in [0.5, 0.6) is 5.75 Å². The molecular weight excluding hydrogens is 371 g/mol. The third kappa shape index (κ3) is 5.56. The van der Waals surface area contributed by atoms with Gasteiger partial charge >= 0.3 is 0 Å². The number of amides is 1. The first-order valence-electron chi connectivity index (χ1n) is 10.6. The predicted molar refractivity (Wildman–Crippen MR) is 108 cm³/mol. The van der Waals surface area contributed by atoms with Gasteiger partial charge in [0.25, 0.3) is 0 Å². The summed E-state index contributed by atoms with van der Waals surface area (Å²) in [5.74, 6) is 0.819. The fourth-order valence-electron chi connectivity index (χ4n) is 4.30. The molecule has 1 aromatic carbocycles. The van der Waals surface area contributed by atoms with E-state index in [1.807, 2.05) is 6.07 Å². The summed E-state index contributed by atoms with van der Waals surface area (Å²) in [7, 11) is 0. The molecule has 1 aliphatic heterocycles. The number of carbonyl (C=O) groups is 1. The highest BCUT2D eigenvalue weighted by atomic mass is 19.1. The Labute approximate surface area is 170 Å². The van der Waals surface area contributed by atoms with Crippen LogP contribution in [0.2, 0.25) is 0 Å². The van der Waals surface area contributed by atoms with E-state index < -0.39 is 0 Å².